The van der Waals surface area contributed by atoms with Crippen LogP contribution in [0, 0.1) is 17.8 Å². The van der Waals surface area contributed by atoms with Gasteiger partial charge in [0, 0.05) is 21.5 Å². The molecule has 2 aliphatic rings. The zero-order chi connectivity index (χ0) is 31.0. The Labute approximate surface area is 260 Å². The fourth-order valence-corrected chi connectivity index (χ4v) is 6.36. The normalized spacial score (nSPS) is 20.1. The van der Waals surface area contributed by atoms with Gasteiger partial charge >= 0.3 is 5.97 Å². The van der Waals surface area contributed by atoms with Crippen LogP contribution in [0.15, 0.2) is 91.0 Å². The van der Waals surface area contributed by atoms with E-state index in [1.165, 1.54) is 4.90 Å². The summed E-state index contributed by atoms with van der Waals surface area (Å²) in [6.45, 7) is 3.89. The Hall–Kier alpha value is -4.62. The van der Waals surface area contributed by atoms with Crippen molar-refractivity contribution in [2.24, 2.45) is 17.8 Å². The minimum absolute atomic E-state index is 0.00265. The number of fused-ring (bicyclic) bond motifs is 2. The Morgan fingerprint density at radius 3 is 2.45 bits per heavy atom. The second-order valence-corrected chi connectivity index (χ2v) is 11.8. The second kappa shape index (κ2) is 12.2. The van der Waals surface area contributed by atoms with Crippen molar-refractivity contribution in [2.45, 2.75) is 39.2 Å². The number of benzene rings is 3. The van der Waals surface area contributed by atoms with Gasteiger partial charge in [0.15, 0.2) is 6.10 Å². The molecule has 0 radical (unpaired) electrons. The van der Waals surface area contributed by atoms with Crippen LogP contribution in [-0.4, -0.2) is 34.7 Å². The van der Waals surface area contributed by atoms with Crippen molar-refractivity contribution in [3.05, 3.63) is 107 Å². The number of esters is 1. The van der Waals surface area contributed by atoms with Gasteiger partial charge in [-0.25, -0.2) is 9.78 Å². The maximum absolute atomic E-state index is 13.7. The summed E-state index contributed by atoms with van der Waals surface area (Å²) >= 11 is 6.30. The lowest BCUT2D eigenvalue weighted by Gasteiger charge is -2.22. The van der Waals surface area contributed by atoms with Crippen molar-refractivity contribution in [3.8, 4) is 11.3 Å². The van der Waals surface area contributed by atoms with Crippen LogP contribution in [0.5, 0.6) is 0 Å². The van der Waals surface area contributed by atoms with E-state index in [0.29, 0.717) is 57.7 Å². The summed E-state index contributed by atoms with van der Waals surface area (Å²) in [5.74, 6) is -1.95. The first-order valence-corrected chi connectivity index (χ1v) is 15.2. The highest BCUT2D eigenvalue weighted by molar-refractivity contribution is 6.31. The van der Waals surface area contributed by atoms with Gasteiger partial charge in [0.25, 0.3) is 0 Å². The number of hydrogen-bond acceptors (Lipinski definition) is 6. The molecule has 4 aromatic rings. The number of amides is 2. The molecule has 2 amide bonds. The number of ether oxygens (including phenoxy) is 1. The predicted octanol–water partition coefficient (Wildman–Crippen LogP) is 7.47. The van der Waals surface area contributed by atoms with Crippen molar-refractivity contribution in [1.29, 1.82) is 0 Å². The number of nitrogens with zero attached hydrogens (tertiary/aromatic N) is 2. The van der Waals surface area contributed by atoms with Crippen LogP contribution in [0.4, 0.5) is 5.69 Å². The molecule has 3 aromatic carbocycles. The molecule has 1 saturated heterocycles. The van der Waals surface area contributed by atoms with Crippen LogP contribution in [0.2, 0.25) is 5.02 Å². The number of anilines is 1. The van der Waals surface area contributed by atoms with Crippen molar-refractivity contribution < 1.29 is 23.9 Å². The fraction of sp³-hybridized carbons (Fsp3) is 0.250. The molecular weight excluding hydrogens is 576 g/mol. The summed E-state index contributed by atoms with van der Waals surface area (Å²) in [5, 5.41) is 0.935. The number of ketones is 1. The van der Waals surface area contributed by atoms with E-state index in [4.69, 9.17) is 21.3 Å². The number of carbonyl (C=O) groups is 4. The van der Waals surface area contributed by atoms with Crippen LogP contribution < -0.4 is 4.90 Å². The fourth-order valence-electron chi connectivity index (χ4n) is 6.18. The highest BCUT2D eigenvalue weighted by atomic mass is 35.5. The summed E-state index contributed by atoms with van der Waals surface area (Å²) in [6, 6.07) is 22.5. The first-order chi connectivity index (χ1) is 21.3. The number of carbonyl (C=O) groups excluding carboxylic acids is 4. The molecule has 7 nitrogen and oxygen atoms in total. The Morgan fingerprint density at radius 2 is 1.75 bits per heavy atom. The number of hydrogen-bond donors (Lipinski definition) is 0. The summed E-state index contributed by atoms with van der Waals surface area (Å²) < 4.78 is 5.85. The molecule has 0 spiro atoms. The average Bonchev–Trinajstić information content (AvgIpc) is 3.30. The summed E-state index contributed by atoms with van der Waals surface area (Å²) in [7, 11) is 0. The Bertz CT molecular complexity index is 1800. The van der Waals surface area contributed by atoms with E-state index in [2.05, 4.69) is 0 Å². The number of pyridine rings is 1. The molecule has 0 N–H and O–H groups in total. The first-order valence-electron chi connectivity index (χ1n) is 14.8. The SMILES string of the molecule is CCCC(OC(=O)c1cc(-c2ccc(N3C(=O)C4CC=CC(C)C4C3=O)cc2)nc2ccc(Cl)cc12)C(=O)c1ccccc1. The molecule has 2 heterocycles. The van der Waals surface area contributed by atoms with Gasteiger partial charge in [0.2, 0.25) is 17.6 Å². The monoisotopic (exact) mass is 606 g/mol. The van der Waals surface area contributed by atoms with Gasteiger partial charge in [-0.2, -0.15) is 0 Å². The Kier molecular flexibility index (Phi) is 8.15. The molecule has 0 bridgehead atoms. The van der Waals surface area contributed by atoms with Crippen molar-refractivity contribution in [1.82, 2.24) is 4.98 Å². The van der Waals surface area contributed by atoms with Crippen LogP contribution in [-0.2, 0) is 14.3 Å². The van der Waals surface area contributed by atoms with Gasteiger partial charge in [-0.05, 0) is 55.2 Å². The maximum Gasteiger partial charge on any atom is 0.339 e. The Morgan fingerprint density at radius 1 is 1.00 bits per heavy atom. The molecule has 44 heavy (non-hydrogen) atoms. The molecule has 4 unspecified atom stereocenters. The van der Waals surface area contributed by atoms with Crippen molar-refractivity contribution in [2.75, 3.05) is 4.90 Å². The highest BCUT2D eigenvalue weighted by Crippen LogP contribution is 2.41. The van der Waals surface area contributed by atoms with E-state index in [9.17, 15) is 19.2 Å². The summed E-state index contributed by atoms with van der Waals surface area (Å²) in [6.07, 6.45) is 4.62. The van der Waals surface area contributed by atoms with Gasteiger partial charge < -0.3 is 4.74 Å². The van der Waals surface area contributed by atoms with Gasteiger partial charge in [0.1, 0.15) is 0 Å². The van der Waals surface area contributed by atoms with Gasteiger partial charge in [-0.3, -0.25) is 19.3 Å². The number of rotatable bonds is 8. The second-order valence-electron chi connectivity index (χ2n) is 11.3. The van der Waals surface area contributed by atoms with Gasteiger partial charge in [0.05, 0.1) is 34.3 Å². The van der Waals surface area contributed by atoms with Crippen LogP contribution in [0.3, 0.4) is 0 Å². The van der Waals surface area contributed by atoms with Crippen molar-refractivity contribution >= 4 is 51.8 Å². The minimum Gasteiger partial charge on any atom is -0.450 e. The van der Waals surface area contributed by atoms with Crippen LogP contribution in [0.1, 0.15) is 53.8 Å². The smallest absolute Gasteiger partial charge is 0.339 e. The van der Waals surface area contributed by atoms with E-state index in [0.717, 1.165) is 0 Å². The molecule has 1 aromatic heterocycles. The molecular formula is C36H31ClN2O5. The number of Topliss-reactive ketones (excluding diaryl/α,β-unsaturated/α-hetero) is 1. The van der Waals surface area contributed by atoms with E-state index >= 15 is 0 Å². The summed E-state index contributed by atoms with van der Waals surface area (Å²) in [5.41, 5.74) is 2.90. The minimum atomic E-state index is -0.947. The zero-order valence-electron chi connectivity index (χ0n) is 24.4. The molecule has 4 atom stereocenters. The van der Waals surface area contributed by atoms with E-state index in [-0.39, 0.29) is 40.9 Å². The lowest BCUT2D eigenvalue weighted by molar-refractivity contribution is -0.122. The van der Waals surface area contributed by atoms with Gasteiger partial charge in [-0.15, -0.1) is 0 Å². The number of halogens is 1. The number of aromatic nitrogens is 1. The standard InChI is InChI=1S/C36H31ClN2O5/c1-3-8-31(33(40)23-10-5-4-6-11-23)44-36(43)28-20-30(38-29-18-15-24(37)19-27(28)29)22-13-16-25(17-14-22)39-34(41)26-12-7-9-21(2)32(26)35(39)42/h4-7,9-11,13-21,26,31-32H,3,8,12H2,1-2H3. The maximum atomic E-state index is 13.7. The Balaban J connectivity index is 1.32. The largest absolute Gasteiger partial charge is 0.450 e. The lowest BCUT2D eigenvalue weighted by atomic mass is 9.78. The average molecular weight is 607 g/mol. The summed E-state index contributed by atoms with van der Waals surface area (Å²) in [4.78, 5) is 59.4. The number of allylic oxidation sites excluding steroid dienone is 2. The number of imide groups is 1. The van der Waals surface area contributed by atoms with Crippen LogP contribution in [0.25, 0.3) is 22.2 Å². The lowest BCUT2D eigenvalue weighted by Crippen LogP contribution is -2.31. The molecule has 8 heteroatoms. The third-order valence-electron chi connectivity index (χ3n) is 8.44. The topological polar surface area (TPSA) is 93.6 Å². The van der Waals surface area contributed by atoms with Crippen molar-refractivity contribution in [3.63, 3.8) is 0 Å². The molecule has 1 fully saturated rings. The third kappa shape index (κ3) is 5.44. The molecule has 1 aliphatic heterocycles. The van der Waals surface area contributed by atoms with Crippen LogP contribution >= 0.6 is 11.6 Å². The zero-order valence-corrected chi connectivity index (χ0v) is 25.2. The first kappa shape index (κ1) is 29.5. The quantitative estimate of drug-likeness (QED) is 0.0894. The molecule has 6 rings (SSSR count). The predicted molar refractivity (Wildman–Crippen MR) is 169 cm³/mol. The molecule has 222 valence electrons. The van der Waals surface area contributed by atoms with E-state index < -0.39 is 12.1 Å². The van der Waals surface area contributed by atoms with Gasteiger partial charge in [-0.1, -0.05) is 86.5 Å². The van der Waals surface area contributed by atoms with E-state index in [1.54, 1.807) is 72.8 Å². The highest BCUT2D eigenvalue weighted by Gasteiger charge is 2.50. The molecule has 1 aliphatic carbocycles. The molecule has 0 saturated carbocycles. The van der Waals surface area contributed by atoms with E-state index in [1.807, 2.05) is 32.1 Å². The third-order valence-corrected chi connectivity index (χ3v) is 8.67.